The normalized spacial score (nSPS) is 13.3. The average Bonchev–Trinajstić information content (AvgIpc) is 2.08. The molecule has 1 rings (SSSR count). The molecule has 0 aliphatic carbocycles. The van der Waals surface area contributed by atoms with Crippen molar-refractivity contribution in [3.05, 3.63) is 33.8 Å². The van der Waals surface area contributed by atoms with E-state index in [1.807, 2.05) is 18.2 Å². The summed E-state index contributed by atoms with van der Waals surface area (Å²) in [7, 11) is 0. The first-order valence-electron chi connectivity index (χ1n) is 4.59. The average molecular weight is 296 g/mol. The van der Waals surface area contributed by atoms with Gasteiger partial charge < -0.3 is 0 Å². The van der Waals surface area contributed by atoms with Crippen LogP contribution < -0.4 is 0 Å². The highest BCUT2D eigenvalue weighted by Gasteiger charge is 2.13. The zero-order valence-corrected chi connectivity index (χ0v) is 11.3. The first-order valence-corrected chi connectivity index (χ1v) is 6.27. The summed E-state index contributed by atoms with van der Waals surface area (Å²) in [5.41, 5.74) is 1.08. The molecular weight excluding hydrogens is 283 g/mol. The fourth-order valence-electron chi connectivity index (χ4n) is 1.30. The van der Waals surface area contributed by atoms with Gasteiger partial charge in [-0.15, -0.1) is 0 Å². The van der Waals surface area contributed by atoms with E-state index in [2.05, 4.69) is 29.8 Å². The highest BCUT2D eigenvalue weighted by atomic mass is 79.9. The Bertz CT molecular complexity index is 310. The molecule has 0 bridgehead atoms. The van der Waals surface area contributed by atoms with Gasteiger partial charge in [-0.25, -0.2) is 0 Å². The maximum Gasteiger partial charge on any atom is 0.0450 e. The number of alkyl halides is 1. The molecule has 0 radical (unpaired) electrons. The molecule has 0 amide bonds. The minimum Gasteiger partial charge on any atom is -0.0843 e. The van der Waals surface area contributed by atoms with E-state index in [0.717, 1.165) is 22.0 Å². The van der Waals surface area contributed by atoms with E-state index < -0.39 is 0 Å². The van der Waals surface area contributed by atoms with Gasteiger partial charge in [0.1, 0.15) is 0 Å². The van der Waals surface area contributed by atoms with Gasteiger partial charge in [0, 0.05) is 14.9 Å². The van der Waals surface area contributed by atoms with Gasteiger partial charge in [0.05, 0.1) is 0 Å². The van der Waals surface area contributed by atoms with Crippen LogP contribution in [0, 0.1) is 5.92 Å². The van der Waals surface area contributed by atoms with E-state index in [-0.39, 0.29) is 4.83 Å². The molecule has 0 N–H and O–H groups in total. The molecule has 0 saturated carbocycles. The quantitative estimate of drug-likeness (QED) is 0.648. The second-order valence-corrected chi connectivity index (χ2v) is 5.71. The third-order valence-electron chi connectivity index (χ3n) is 1.97. The zero-order valence-electron chi connectivity index (χ0n) is 8.23. The van der Waals surface area contributed by atoms with Crippen LogP contribution in [0.2, 0.25) is 10.0 Å². The van der Waals surface area contributed by atoms with Gasteiger partial charge in [-0.3, -0.25) is 0 Å². The lowest BCUT2D eigenvalue weighted by Gasteiger charge is -2.14. The number of benzene rings is 1. The van der Waals surface area contributed by atoms with E-state index in [9.17, 15) is 0 Å². The molecule has 14 heavy (non-hydrogen) atoms. The number of rotatable bonds is 3. The fraction of sp³-hybridized carbons (Fsp3) is 0.455. The summed E-state index contributed by atoms with van der Waals surface area (Å²) in [6.45, 7) is 4.37. The number of hydrogen-bond donors (Lipinski definition) is 0. The van der Waals surface area contributed by atoms with Gasteiger partial charge >= 0.3 is 0 Å². The van der Waals surface area contributed by atoms with E-state index >= 15 is 0 Å². The standard InChI is InChI=1S/C11H13BrCl2/c1-7(2)5-10(12)9-6-8(13)3-4-11(9)14/h3-4,6-7,10H,5H2,1-2H3. The van der Waals surface area contributed by atoms with Crippen molar-refractivity contribution < 1.29 is 0 Å². The molecule has 3 heteroatoms. The predicted octanol–water partition coefficient (Wildman–Crippen LogP) is 5.48. The first-order chi connectivity index (χ1) is 6.50. The van der Waals surface area contributed by atoms with Crippen LogP contribution in [-0.2, 0) is 0 Å². The van der Waals surface area contributed by atoms with Gasteiger partial charge in [-0.1, -0.05) is 53.0 Å². The summed E-state index contributed by atoms with van der Waals surface area (Å²) in [6, 6.07) is 5.57. The molecule has 0 saturated heterocycles. The van der Waals surface area contributed by atoms with Crippen molar-refractivity contribution in [2.75, 3.05) is 0 Å². The Morgan fingerprint density at radius 1 is 1.29 bits per heavy atom. The Balaban J connectivity index is 2.88. The second-order valence-electron chi connectivity index (χ2n) is 3.76. The number of hydrogen-bond acceptors (Lipinski definition) is 0. The molecule has 1 aromatic rings. The highest BCUT2D eigenvalue weighted by molar-refractivity contribution is 9.09. The van der Waals surface area contributed by atoms with Crippen molar-refractivity contribution in [2.45, 2.75) is 25.1 Å². The Hall–Kier alpha value is 0.280. The second kappa shape index (κ2) is 5.39. The summed E-state index contributed by atoms with van der Waals surface area (Å²) in [5.74, 6) is 0.634. The molecule has 1 aromatic carbocycles. The molecule has 0 aliphatic heterocycles. The largest absolute Gasteiger partial charge is 0.0843 e. The Labute approximate surface area is 104 Å². The van der Waals surface area contributed by atoms with Crippen LogP contribution in [0.5, 0.6) is 0 Å². The van der Waals surface area contributed by atoms with Crippen molar-refractivity contribution in [3.8, 4) is 0 Å². The smallest absolute Gasteiger partial charge is 0.0450 e. The van der Waals surface area contributed by atoms with E-state index in [0.29, 0.717) is 5.92 Å². The predicted molar refractivity (Wildman–Crippen MR) is 67.6 cm³/mol. The molecule has 0 heterocycles. The maximum absolute atomic E-state index is 6.09. The molecule has 0 aromatic heterocycles. The van der Waals surface area contributed by atoms with Gasteiger partial charge in [0.2, 0.25) is 0 Å². The molecular formula is C11H13BrCl2. The summed E-state index contributed by atoms with van der Waals surface area (Å²) in [4.78, 5) is 0.286. The molecule has 1 atom stereocenters. The minimum absolute atomic E-state index is 0.286. The monoisotopic (exact) mass is 294 g/mol. The lowest BCUT2D eigenvalue weighted by Crippen LogP contribution is -1.96. The molecule has 78 valence electrons. The third-order valence-corrected chi connectivity index (χ3v) is 3.42. The van der Waals surface area contributed by atoms with Gasteiger partial charge in [0.25, 0.3) is 0 Å². The lowest BCUT2D eigenvalue weighted by molar-refractivity contribution is 0.584. The van der Waals surface area contributed by atoms with Crippen molar-refractivity contribution in [1.82, 2.24) is 0 Å². The topological polar surface area (TPSA) is 0 Å². The molecule has 0 aliphatic rings. The van der Waals surface area contributed by atoms with Crippen LogP contribution in [0.25, 0.3) is 0 Å². The van der Waals surface area contributed by atoms with Crippen LogP contribution in [-0.4, -0.2) is 0 Å². The summed E-state index contributed by atoms with van der Waals surface area (Å²) >= 11 is 15.6. The van der Waals surface area contributed by atoms with Gasteiger partial charge in [-0.2, -0.15) is 0 Å². The molecule has 0 spiro atoms. The van der Waals surface area contributed by atoms with E-state index in [4.69, 9.17) is 23.2 Å². The molecule has 0 fully saturated rings. The fourth-order valence-corrected chi connectivity index (χ4v) is 2.98. The summed E-state index contributed by atoms with van der Waals surface area (Å²) in [6.07, 6.45) is 1.06. The van der Waals surface area contributed by atoms with Crippen molar-refractivity contribution in [1.29, 1.82) is 0 Å². The number of halogens is 3. The van der Waals surface area contributed by atoms with Crippen LogP contribution in [0.4, 0.5) is 0 Å². The van der Waals surface area contributed by atoms with Gasteiger partial charge in [-0.05, 0) is 36.1 Å². The summed E-state index contributed by atoms with van der Waals surface area (Å²) in [5, 5.41) is 1.51. The van der Waals surface area contributed by atoms with Gasteiger partial charge in [0.15, 0.2) is 0 Å². The van der Waals surface area contributed by atoms with Crippen LogP contribution in [0.15, 0.2) is 18.2 Å². The Morgan fingerprint density at radius 2 is 1.93 bits per heavy atom. The maximum atomic E-state index is 6.09. The summed E-state index contributed by atoms with van der Waals surface area (Å²) < 4.78 is 0. The van der Waals surface area contributed by atoms with Crippen LogP contribution in [0.1, 0.15) is 30.7 Å². The zero-order chi connectivity index (χ0) is 10.7. The third kappa shape index (κ3) is 3.45. The van der Waals surface area contributed by atoms with Crippen molar-refractivity contribution >= 4 is 39.1 Å². The van der Waals surface area contributed by atoms with Crippen molar-refractivity contribution in [2.24, 2.45) is 5.92 Å². The highest BCUT2D eigenvalue weighted by Crippen LogP contribution is 2.35. The van der Waals surface area contributed by atoms with E-state index in [1.165, 1.54) is 0 Å². The van der Waals surface area contributed by atoms with Crippen LogP contribution >= 0.6 is 39.1 Å². The molecule has 0 nitrogen and oxygen atoms in total. The van der Waals surface area contributed by atoms with Crippen molar-refractivity contribution in [3.63, 3.8) is 0 Å². The Morgan fingerprint density at radius 3 is 2.50 bits per heavy atom. The van der Waals surface area contributed by atoms with E-state index in [1.54, 1.807) is 0 Å². The molecule has 1 unspecified atom stereocenters. The SMILES string of the molecule is CC(C)CC(Br)c1cc(Cl)ccc1Cl. The lowest BCUT2D eigenvalue weighted by atomic mass is 10.0. The Kier molecular flexibility index (Phi) is 4.75. The van der Waals surface area contributed by atoms with Crippen LogP contribution in [0.3, 0.4) is 0 Å². The minimum atomic E-state index is 0.286. The first kappa shape index (κ1) is 12.4.